The standard InChI is InChI=1S/C21H19F2N3O3/c1-2-18(21(28)24-13-14-5-3-4-6-17(14)23)29-19-11-12-20(27)26(25-19)16-9-7-15(22)8-10-16/h3-12,18H,2,13H2,1H3,(H,24,28). The first-order valence-corrected chi connectivity index (χ1v) is 9.02. The molecule has 2 aromatic carbocycles. The third kappa shape index (κ3) is 5.04. The second-order valence-electron chi connectivity index (χ2n) is 6.22. The highest BCUT2D eigenvalue weighted by atomic mass is 19.1. The van der Waals surface area contributed by atoms with Crippen LogP contribution in [0.3, 0.4) is 0 Å². The molecule has 1 aromatic heterocycles. The molecule has 0 aliphatic rings. The molecule has 1 unspecified atom stereocenters. The number of hydrogen-bond acceptors (Lipinski definition) is 4. The average molecular weight is 399 g/mol. The van der Waals surface area contributed by atoms with Gasteiger partial charge in [-0.25, -0.2) is 8.78 Å². The number of aromatic nitrogens is 2. The summed E-state index contributed by atoms with van der Waals surface area (Å²) in [6.45, 7) is 1.78. The molecule has 1 N–H and O–H groups in total. The normalized spacial score (nSPS) is 11.7. The maximum atomic E-state index is 13.7. The maximum absolute atomic E-state index is 13.7. The summed E-state index contributed by atoms with van der Waals surface area (Å²) in [6.07, 6.45) is -0.547. The van der Waals surface area contributed by atoms with E-state index < -0.39 is 29.2 Å². The Labute approximate surface area is 165 Å². The summed E-state index contributed by atoms with van der Waals surface area (Å²) >= 11 is 0. The quantitative estimate of drug-likeness (QED) is 0.663. The van der Waals surface area contributed by atoms with E-state index in [1.54, 1.807) is 25.1 Å². The molecule has 3 aromatic rings. The Morgan fingerprint density at radius 2 is 1.83 bits per heavy atom. The van der Waals surface area contributed by atoms with Gasteiger partial charge in [0.15, 0.2) is 6.10 Å². The fourth-order valence-electron chi connectivity index (χ4n) is 2.63. The van der Waals surface area contributed by atoms with Crippen molar-refractivity contribution in [1.82, 2.24) is 15.1 Å². The molecule has 0 saturated carbocycles. The highest BCUT2D eigenvalue weighted by Crippen LogP contribution is 2.12. The van der Waals surface area contributed by atoms with Crippen LogP contribution in [0.4, 0.5) is 8.78 Å². The number of nitrogens with one attached hydrogen (secondary N) is 1. The van der Waals surface area contributed by atoms with Gasteiger partial charge in [0.25, 0.3) is 11.5 Å². The lowest BCUT2D eigenvalue weighted by atomic mass is 10.2. The zero-order valence-electron chi connectivity index (χ0n) is 15.6. The van der Waals surface area contributed by atoms with E-state index in [0.29, 0.717) is 17.7 Å². The van der Waals surface area contributed by atoms with E-state index in [4.69, 9.17) is 4.74 Å². The van der Waals surface area contributed by atoms with Crippen LogP contribution in [0.2, 0.25) is 0 Å². The van der Waals surface area contributed by atoms with Crippen molar-refractivity contribution in [3.63, 3.8) is 0 Å². The Morgan fingerprint density at radius 1 is 1.10 bits per heavy atom. The number of rotatable bonds is 7. The minimum absolute atomic E-state index is 0.0217. The molecule has 0 fully saturated rings. The molecule has 0 aliphatic carbocycles. The molecule has 29 heavy (non-hydrogen) atoms. The molecular weight excluding hydrogens is 380 g/mol. The number of ether oxygens (including phenoxy) is 1. The minimum Gasteiger partial charge on any atom is -0.463 e. The van der Waals surface area contributed by atoms with E-state index in [1.165, 1.54) is 42.5 Å². The van der Waals surface area contributed by atoms with Crippen LogP contribution < -0.4 is 15.6 Å². The summed E-state index contributed by atoms with van der Waals surface area (Å²) < 4.78 is 33.5. The third-order valence-corrected chi connectivity index (χ3v) is 4.18. The molecule has 1 heterocycles. The van der Waals surface area contributed by atoms with Crippen LogP contribution in [0, 0.1) is 11.6 Å². The van der Waals surface area contributed by atoms with Crippen LogP contribution in [0.25, 0.3) is 5.69 Å². The van der Waals surface area contributed by atoms with Crippen molar-refractivity contribution in [3.8, 4) is 11.6 Å². The van der Waals surface area contributed by atoms with Gasteiger partial charge in [0, 0.05) is 24.2 Å². The Balaban J connectivity index is 1.72. The van der Waals surface area contributed by atoms with Crippen molar-refractivity contribution in [2.45, 2.75) is 26.0 Å². The summed E-state index contributed by atoms with van der Waals surface area (Å²) in [4.78, 5) is 24.5. The first kappa shape index (κ1) is 20.2. The third-order valence-electron chi connectivity index (χ3n) is 4.18. The molecule has 8 heteroatoms. The van der Waals surface area contributed by atoms with Crippen molar-refractivity contribution < 1.29 is 18.3 Å². The SMILES string of the molecule is CCC(Oc1ccc(=O)n(-c2ccc(F)cc2)n1)C(=O)NCc1ccccc1F. The number of hydrogen-bond donors (Lipinski definition) is 1. The van der Waals surface area contributed by atoms with E-state index in [-0.39, 0.29) is 12.4 Å². The van der Waals surface area contributed by atoms with Crippen molar-refractivity contribution in [3.05, 3.63) is 88.2 Å². The first-order valence-electron chi connectivity index (χ1n) is 9.02. The van der Waals surface area contributed by atoms with Crippen molar-refractivity contribution in [1.29, 1.82) is 0 Å². The van der Waals surface area contributed by atoms with Crippen LogP contribution in [-0.4, -0.2) is 21.8 Å². The summed E-state index contributed by atoms with van der Waals surface area (Å²) in [5.74, 6) is -1.22. The first-order chi connectivity index (χ1) is 14.0. The van der Waals surface area contributed by atoms with Gasteiger partial charge in [-0.15, -0.1) is 5.10 Å². The highest BCUT2D eigenvalue weighted by Gasteiger charge is 2.19. The molecule has 0 spiro atoms. The van der Waals surface area contributed by atoms with Gasteiger partial charge in [-0.1, -0.05) is 25.1 Å². The van der Waals surface area contributed by atoms with Crippen LogP contribution in [0.1, 0.15) is 18.9 Å². The van der Waals surface area contributed by atoms with Crippen molar-refractivity contribution >= 4 is 5.91 Å². The molecule has 1 atom stereocenters. The Kier molecular flexibility index (Phi) is 6.33. The van der Waals surface area contributed by atoms with Crippen LogP contribution in [-0.2, 0) is 11.3 Å². The van der Waals surface area contributed by atoms with E-state index in [2.05, 4.69) is 10.4 Å². The molecule has 1 amide bonds. The predicted octanol–water partition coefficient (Wildman–Crippen LogP) is 2.98. The van der Waals surface area contributed by atoms with Crippen LogP contribution in [0.5, 0.6) is 5.88 Å². The fourth-order valence-corrected chi connectivity index (χ4v) is 2.63. The minimum atomic E-state index is -0.881. The number of halogens is 2. The van der Waals surface area contributed by atoms with Gasteiger partial charge in [0.05, 0.1) is 5.69 Å². The number of carbonyl (C=O) groups excluding carboxylic acids is 1. The van der Waals surface area contributed by atoms with Crippen molar-refractivity contribution in [2.75, 3.05) is 0 Å². The summed E-state index contributed by atoms with van der Waals surface area (Å²) in [5, 5.41) is 6.73. The second kappa shape index (κ2) is 9.09. The average Bonchev–Trinajstić information content (AvgIpc) is 2.73. The summed E-state index contributed by atoms with van der Waals surface area (Å²) in [6, 6.07) is 14.0. The predicted molar refractivity (Wildman–Crippen MR) is 103 cm³/mol. The van der Waals surface area contributed by atoms with Crippen molar-refractivity contribution in [2.24, 2.45) is 0 Å². The van der Waals surface area contributed by atoms with E-state index >= 15 is 0 Å². The number of amides is 1. The Hall–Kier alpha value is -3.55. The van der Waals surface area contributed by atoms with Crippen LogP contribution >= 0.6 is 0 Å². The number of benzene rings is 2. The van der Waals surface area contributed by atoms with Gasteiger partial charge in [-0.3, -0.25) is 9.59 Å². The van der Waals surface area contributed by atoms with E-state index in [9.17, 15) is 18.4 Å². The smallest absolute Gasteiger partial charge is 0.271 e. The molecule has 6 nitrogen and oxygen atoms in total. The van der Waals surface area contributed by atoms with E-state index in [1.807, 2.05) is 0 Å². The maximum Gasteiger partial charge on any atom is 0.271 e. The molecule has 0 saturated heterocycles. The number of carbonyl (C=O) groups is 1. The van der Waals surface area contributed by atoms with Gasteiger partial charge in [-0.2, -0.15) is 4.68 Å². The lowest BCUT2D eigenvalue weighted by molar-refractivity contribution is -0.128. The monoisotopic (exact) mass is 399 g/mol. The van der Waals surface area contributed by atoms with Gasteiger partial charge in [-0.05, 0) is 36.8 Å². The summed E-state index contributed by atoms with van der Waals surface area (Å²) in [7, 11) is 0. The second-order valence-corrected chi connectivity index (χ2v) is 6.22. The van der Waals surface area contributed by atoms with Gasteiger partial charge >= 0.3 is 0 Å². The molecule has 0 bridgehead atoms. The zero-order chi connectivity index (χ0) is 20.8. The molecule has 3 rings (SSSR count). The fraction of sp³-hybridized carbons (Fsp3) is 0.190. The lowest BCUT2D eigenvalue weighted by Gasteiger charge is -2.17. The van der Waals surface area contributed by atoms with Crippen LogP contribution in [0.15, 0.2) is 65.5 Å². The Bertz CT molecular complexity index is 1050. The van der Waals surface area contributed by atoms with Gasteiger partial charge in [0.1, 0.15) is 11.6 Å². The molecule has 0 radical (unpaired) electrons. The molecule has 150 valence electrons. The molecular formula is C21H19F2N3O3. The Morgan fingerprint density at radius 3 is 2.52 bits per heavy atom. The van der Waals surface area contributed by atoms with Gasteiger partial charge < -0.3 is 10.1 Å². The van der Waals surface area contributed by atoms with Gasteiger partial charge in [0.2, 0.25) is 5.88 Å². The zero-order valence-corrected chi connectivity index (χ0v) is 15.6. The lowest BCUT2D eigenvalue weighted by Crippen LogP contribution is -2.38. The number of nitrogens with zero attached hydrogens (tertiary/aromatic N) is 2. The largest absolute Gasteiger partial charge is 0.463 e. The molecule has 0 aliphatic heterocycles. The summed E-state index contributed by atoms with van der Waals surface area (Å²) in [5.41, 5.74) is 0.290. The highest BCUT2D eigenvalue weighted by molar-refractivity contribution is 5.81. The van der Waals surface area contributed by atoms with E-state index in [0.717, 1.165) is 4.68 Å². The topological polar surface area (TPSA) is 73.2 Å².